The summed E-state index contributed by atoms with van der Waals surface area (Å²) in [5.41, 5.74) is 11.4. The predicted octanol–water partition coefficient (Wildman–Crippen LogP) is -6.04. The zero-order valence-corrected chi connectivity index (χ0v) is 30.5. The van der Waals surface area contributed by atoms with Crippen molar-refractivity contribution in [2.24, 2.45) is 16.5 Å². The summed E-state index contributed by atoms with van der Waals surface area (Å²) in [7, 11) is 0. The first kappa shape index (κ1) is 45.0. The van der Waals surface area contributed by atoms with Gasteiger partial charge in [-0.3, -0.25) is 38.6 Å². The largest absolute Gasteiger partial charge is 0.481 e. The van der Waals surface area contributed by atoms with Crippen molar-refractivity contribution in [1.29, 1.82) is 0 Å². The van der Waals surface area contributed by atoms with E-state index >= 15 is 0 Å². The molecule has 0 bridgehead atoms. The van der Waals surface area contributed by atoms with E-state index in [9.17, 15) is 59.1 Å². The first-order valence-electron chi connectivity index (χ1n) is 18.0. The number of rotatable bonds is 15. The minimum atomic E-state index is -1.79. The molecule has 1 aromatic carbocycles. The van der Waals surface area contributed by atoms with Crippen molar-refractivity contribution in [3.05, 3.63) is 35.9 Å². The quantitative estimate of drug-likeness (QED) is 0.0447. The molecule has 0 spiro atoms. The second-order valence-corrected chi connectivity index (χ2v) is 13.3. The van der Waals surface area contributed by atoms with Crippen molar-refractivity contribution in [3.63, 3.8) is 0 Å². The number of aliphatic hydroxyl groups is 4. The van der Waals surface area contributed by atoms with Crippen molar-refractivity contribution < 1.29 is 63.8 Å². The number of carbonyl (C=O) groups excluding carboxylic acids is 6. The number of carboxylic acid groups (broad SMARTS) is 1. The molecule has 0 radical (unpaired) electrons. The van der Waals surface area contributed by atoms with Gasteiger partial charge in [0.15, 0.2) is 12.1 Å². The molecular formula is C34H51N9O13. The zero-order valence-electron chi connectivity index (χ0n) is 30.5. The van der Waals surface area contributed by atoms with Gasteiger partial charge in [0.2, 0.25) is 29.5 Å². The van der Waals surface area contributed by atoms with Gasteiger partial charge in [0, 0.05) is 19.5 Å². The molecule has 2 aliphatic heterocycles. The average molecular weight is 794 g/mol. The number of nitrogens with zero attached hydrogens (tertiary/aromatic N) is 1. The average Bonchev–Trinajstić information content (AvgIpc) is 3.15. The van der Waals surface area contributed by atoms with Crippen LogP contribution in [0.5, 0.6) is 0 Å². The van der Waals surface area contributed by atoms with Crippen LogP contribution in [0.1, 0.15) is 44.1 Å². The summed E-state index contributed by atoms with van der Waals surface area (Å²) in [5, 5.41) is 63.9. The second kappa shape index (κ2) is 22.2. The highest BCUT2D eigenvalue weighted by molar-refractivity contribution is 5.98. The Morgan fingerprint density at radius 1 is 0.786 bits per heavy atom. The smallest absolute Gasteiger partial charge is 0.305 e. The number of aliphatic imine (C=N–C) groups is 1. The number of benzene rings is 1. The van der Waals surface area contributed by atoms with Gasteiger partial charge >= 0.3 is 5.97 Å². The molecule has 2 aliphatic rings. The van der Waals surface area contributed by atoms with Crippen LogP contribution in [0.15, 0.2) is 35.3 Å². The fourth-order valence-electron chi connectivity index (χ4n) is 5.94. The fourth-order valence-corrected chi connectivity index (χ4v) is 5.94. The number of hydrogen-bond donors (Lipinski definition) is 13. The minimum absolute atomic E-state index is 0.0149. The lowest BCUT2D eigenvalue weighted by Crippen LogP contribution is -2.62. The fraction of sp³-hybridized carbons (Fsp3) is 0.588. The number of hydrogen-bond acceptors (Lipinski definition) is 13. The van der Waals surface area contributed by atoms with Crippen LogP contribution < -0.4 is 43.4 Å². The molecule has 22 nitrogen and oxygen atoms in total. The number of carboxylic acids is 1. The Labute approximate surface area is 321 Å². The van der Waals surface area contributed by atoms with Crippen LogP contribution in [-0.2, 0) is 44.7 Å². The molecule has 2 fully saturated rings. The number of aliphatic carboxylic acids is 1. The standard InChI is InChI=1S/C34H51N9O13/c35-34(36)38-12-6-10-18-29(51)39-15-23(45)40-21(14-24(46)47)32(54)43-20(13-17-7-2-1-3-8-17)31(53)42-19(30(52)41-18)9-4-5-11-37-33(55)28-27(50)26(49)25(48)22(16-44)56-28/h1-3,7-8,18-22,25-28,44,48-50H,4-6,9-16H2,(H,37,55)(H,39,51)(H,40,45)(H,41,52)(H,42,53)(H,43,54)(H,46,47)(H4,35,36,38)/t18-,19-,20+,21-,22+,25+,26-,27+,28+/m0/s1. The molecule has 0 aliphatic carbocycles. The molecular weight excluding hydrogens is 742 g/mol. The Kier molecular flexibility index (Phi) is 17.8. The van der Waals surface area contributed by atoms with E-state index in [2.05, 4.69) is 36.9 Å². The lowest BCUT2D eigenvalue weighted by Gasteiger charge is -2.39. The van der Waals surface area contributed by atoms with Crippen molar-refractivity contribution in [2.45, 2.75) is 99.6 Å². The Balaban J connectivity index is 1.84. The maximum absolute atomic E-state index is 13.9. The van der Waals surface area contributed by atoms with E-state index in [0.717, 1.165) is 0 Å². The highest BCUT2D eigenvalue weighted by Crippen LogP contribution is 2.21. The van der Waals surface area contributed by atoms with Gasteiger partial charge in [-0.05, 0) is 37.7 Å². The van der Waals surface area contributed by atoms with Gasteiger partial charge in [-0.25, -0.2) is 0 Å². The van der Waals surface area contributed by atoms with Crippen LogP contribution in [-0.4, -0.2) is 154 Å². The minimum Gasteiger partial charge on any atom is -0.481 e. The van der Waals surface area contributed by atoms with E-state index in [1.54, 1.807) is 30.3 Å². The van der Waals surface area contributed by atoms with Gasteiger partial charge in [-0.2, -0.15) is 0 Å². The lowest BCUT2D eigenvalue weighted by atomic mass is 9.94. The Morgan fingerprint density at radius 3 is 2.04 bits per heavy atom. The molecule has 15 N–H and O–H groups in total. The van der Waals surface area contributed by atoms with Crippen LogP contribution in [0.4, 0.5) is 0 Å². The summed E-state index contributed by atoms with van der Waals surface area (Å²) in [6.45, 7) is -1.37. The van der Waals surface area contributed by atoms with Crippen molar-refractivity contribution in [3.8, 4) is 0 Å². The maximum atomic E-state index is 13.9. The number of nitrogens with one attached hydrogen (secondary N) is 6. The van der Waals surface area contributed by atoms with E-state index in [1.165, 1.54) is 0 Å². The van der Waals surface area contributed by atoms with Gasteiger partial charge in [0.05, 0.1) is 19.6 Å². The molecule has 56 heavy (non-hydrogen) atoms. The van der Waals surface area contributed by atoms with E-state index in [4.69, 9.17) is 16.2 Å². The van der Waals surface area contributed by atoms with E-state index < -0.39 is 116 Å². The van der Waals surface area contributed by atoms with Crippen molar-refractivity contribution in [2.75, 3.05) is 26.2 Å². The monoisotopic (exact) mass is 793 g/mol. The predicted molar refractivity (Wildman–Crippen MR) is 194 cm³/mol. The Morgan fingerprint density at radius 2 is 1.39 bits per heavy atom. The second-order valence-electron chi connectivity index (χ2n) is 13.3. The van der Waals surface area contributed by atoms with Gasteiger partial charge < -0.3 is 73.6 Å². The summed E-state index contributed by atoms with van der Waals surface area (Å²) in [6, 6.07) is 2.87. The molecule has 22 heteroatoms. The van der Waals surface area contributed by atoms with Crippen LogP contribution >= 0.6 is 0 Å². The maximum Gasteiger partial charge on any atom is 0.305 e. The van der Waals surface area contributed by atoms with Crippen molar-refractivity contribution >= 4 is 47.4 Å². The van der Waals surface area contributed by atoms with Crippen LogP contribution in [0.25, 0.3) is 0 Å². The molecule has 1 aromatic rings. The molecule has 2 heterocycles. The summed E-state index contributed by atoms with van der Waals surface area (Å²) >= 11 is 0. The third kappa shape index (κ3) is 14.0. The summed E-state index contributed by atoms with van der Waals surface area (Å²) in [6.07, 6.45) is -8.57. The molecule has 6 amide bonds. The Hall–Kier alpha value is -5.42. The number of nitrogens with two attached hydrogens (primary N) is 2. The van der Waals surface area contributed by atoms with Gasteiger partial charge in [0.25, 0.3) is 5.91 Å². The number of ether oxygens (including phenoxy) is 1. The summed E-state index contributed by atoms with van der Waals surface area (Å²) in [4.78, 5) is 95.3. The normalized spacial score (nSPS) is 27.9. The first-order valence-corrected chi connectivity index (χ1v) is 18.0. The van der Waals surface area contributed by atoms with Crippen molar-refractivity contribution in [1.82, 2.24) is 31.9 Å². The van der Waals surface area contributed by atoms with E-state index in [-0.39, 0.29) is 57.6 Å². The molecule has 9 atom stereocenters. The third-order valence-electron chi connectivity index (χ3n) is 8.95. The number of unbranched alkanes of at least 4 members (excludes halogenated alkanes) is 1. The van der Waals surface area contributed by atoms with Crippen LogP contribution in [0, 0.1) is 0 Å². The SMILES string of the molecule is NC(N)=NCCC[C@@H]1NC(=O)[C@H](CCCCNC(=O)[C@@H]2O[C@H](CO)[C@@H](O)[C@H](O)[C@H]2O)NC(=O)[C@@H](Cc2ccccc2)NC(=O)[C@H](CC(=O)O)NC(=O)CNC1=O. The van der Waals surface area contributed by atoms with E-state index in [0.29, 0.717) is 5.56 Å². The van der Waals surface area contributed by atoms with Gasteiger partial charge in [-0.1, -0.05) is 30.3 Å². The van der Waals surface area contributed by atoms with E-state index in [1.807, 2.05) is 0 Å². The van der Waals surface area contributed by atoms with Crippen LogP contribution in [0.3, 0.4) is 0 Å². The molecule has 3 rings (SSSR count). The molecule has 0 aromatic heterocycles. The molecule has 0 unspecified atom stereocenters. The highest BCUT2D eigenvalue weighted by Gasteiger charge is 2.46. The number of carbonyl (C=O) groups is 7. The lowest BCUT2D eigenvalue weighted by molar-refractivity contribution is -0.226. The van der Waals surface area contributed by atoms with Crippen LogP contribution in [0.2, 0.25) is 0 Å². The molecule has 2 saturated heterocycles. The zero-order chi connectivity index (χ0) is 41.4. The Bertz CT molecular complexity index is 1560. The van der Waals surface area contributed by atoms with Gasteiger partial charge in [0.1, 0.15) is 48.6 Å². The highest BCUT2D eigenvalue weighted by atomic mass is 16.5. The topological polar surface area (TPSA) is 366 Å². The summed E-state index contributed by atoms with van der Waals surface area (Å²) in [5.74, 6) is -6.86. The molecule has 310 valence electrons. The van der Waals surface area contributed by atoms with Gasteiger partial charge in [-0.15, -0.1) is 0 Å². The number of amides is 6. The number of aliphatic hydroxyl groups excluding tert-OH is 4. The molecule has 0 saturated carbocycles. The third-order valence-corrected chi connectivity index (χ3v) is 8.95. The first-order chi connectivity index (χ1) is 26.6. The summed E-state index contributed by atoms with van der Waals surface area (Å²) < 4.78 is 5.26. The number of guanidine groups is 1.